The lowest BCUT2D eigenvalue weighted by Crippen LogP contribution is -2.52. The van der Waals surface area contributed by atoms with Gasteiger partial charge in [0.1, 0.15) is 6.04 Å². The van der Waals surface area contributed by atoms with E-state index in [0.29, 0.717) is 6.42 Å². The largest absolute Gasteiger partial charge is 0.480 e. The molecule has 94 valence electrons. The standard InChI is InChI=1S/C11H17N3O2S/c1-2-9(10(15)16)13-4-6-14(7-5-13)11-12-3-8-17-11/h3,8-9H,2,4-7H2,1H3,(H,15,16)/t9-/m0/s1. The van der Waals surface area contributed by atoms with Crippen molar-refractivity contribution < 1.29 is 9.90 Å². The maximum absolute atomic E-state index is 11.1. The number of carboxylic acid groups (broad SMARTS) is 1. The van der Waals surface area contributed by atoms with E-state index >= 15 is 0 Å². The van der Waals surface area contributed by atoms with Crippen molar-refractivity contribution in [3.63, 3.8) is 0 Å². The Morgan fingerprint density at radius 2 is 2.24 bits per heavy atom. The summed E-state index contributed by atoms with van der Waals surface area (Å²) in [6, 6.07) is -0.339. The van der Waals surface area contributed by atoms with Gasteiger partial charge in [0, 0.05) is 37.8 Å². The Morgan fingerprint density at radius 1 is 1.53 bits per heavy atom. The molecule has 0 aliphatic carbocycles. The van der Waals surface area contributed by atoms with Crippen LogP contribution in [0.4, 0.5) is 5.13 Å². The summed E-state index contributed by atoms with van der Waals surface area (Å²) in [7, 11) is 0. The van der Waals surface area contributed by atoms with Gasteiger partial charge in [-0.3, -0.25) is 9.69 Å². The predicted molar refractivity (Wildman–Crippen MR) is 67.6 cm³/mol. The van der Waals surface area contributed by atoms with Crippen molar-refractivity contribution in [1.29, 1.82) is 0 Å². The molecule has 0 saturated carbocycles. The van der Waals surface area contributed by atoms with Crippen LogP contribution in [-0.4, -0.2) is 53.2 Å². The van der Waals surface area contributed by atoms with Crippen molar-refractivity contribution in [3.8, 4) is 0 Å². The quantitative estimate of drug-likeness (QED) is 0.874. The SMILES string of the molecule is CC[C@@H](C(=O)O)N1CCN(c2nccs2)CC1. The molecular formula is C11H17N3O2S. The van der Waals surface area contributed by atoms with E-state index in [2.05, 4.69) is 9.88 Å². The molecular weight excluding hydrogens is 238 g/mol. The number of rotatable bonds is 4. The maximum atomic E-state index is 11.1. The second-order valence-electron chi connectivity index (χ2n) is 4.10. The minimum atomic E-state index is -0.713. The summed E-state index contributed by atoms with van der Waals surface area (Å²) in [5.41, 5.74) is 0. The first-order valence-corrected chi connectivity index (χ1v) is 6.71. The number of carboxylic acids is 1. The topological polar surface area (TPSA) is 56.7 Å². The fourth-order valence-corrected chi connectivity index (χ4v) is 2.88. The molecule has 2 heterocycles. The van der Waals surface area contributed by atoms with Crippen molar-refractivity contribution in [1.82, 2.24) is 9.88 Å². The van der Waals surface area contributed by atoms with Gasteiger partial charge >= 0.3 is 5.97 Å². The van der Waals surface area contributed by atoms with Crippen LogP contribution in [0.2, 0.25) is 0 Å². The zero-order chi connectivity index (χ0) is 12.3. The molecule has 1 aliphatic rings. The van der Waals surface area contributed by atoms with Gasteiger partial charge in [-0.25, -0.2) is 4.98 Å². The molecule has 0 spiro atoms. The molecule has 1 aromatic rings. The lowest BCUT2D eigenvalue weighted by molar-refractivity contribution is -0.143. The lowest BCUT2D eigenvalue weighted by atomic mass is 10.1. The fraction of sp³-hybridized carbons (Fsp3) is 0.636. The number of hydrogen-bond acceptors (Lipinski definition) is 5. The Morgan fingerprint density at radius 3 is 2.71 bits per heavy atom. The normalized spacial score (nSPS) is 19.2. The molecule has 1 saturated heterocycles. The van der Waals surface area contributed by atoms with E-state index in [1.54, 1.807) is 17.5 Å². The molecule has 6 heteroatoms. The van der Waals surface area contributed by atoms with Gasteiger partial charge in [-0.2, -0.15) is 0 Å². The summed E-state index contributed by atoms with van der Waals surface area (Å²) in [6.07, 6.45) is 2.46. The number of anilines is 1. The molecule has 0 unspecified atom stereocenters. The highest BCUT2D eigenvalue weighted by Crippen LogP contribution is 2.20. The number of carbonyl (C=O) groups is 1. The van der Waals surface area contributed by atoms with Crippen molar-refractivity contribution in [2.45, 2.75) is 19.4 Å². The average molecular weight is 255 g/mol. The zero-order valence-corrected chi connectivity index (χ0v) is 10.7. The summed E-state index contributed by atoms with van der Waals surface area (Å²) in [4.78, 5) is 19.6. The van der Waals surface area contributed by atoms with E-state index in [1.165, 1.54) is 0 Å². The first-order chi connectivity index (χ1) is 8.22. The van der Waals surface area contributed by atoms with Crippen LogP contribution in [0.1, 0.15) is 13.3 Å². The van der Waals surface area contributed by atoms with E-state index in [-0.39, 0.29) is 6.04 Å². The van der Waals surface area contributed by atoms with E-state index in [4.69, 9.17) is 5.11 Å². The molecule has 2 rings (SSSR count). The van der Waals surface area contributed by atoms with Gasteiger partial charge in [-0.05, 0) is 6.42 Å². The molecule has 0 amide bonds. The van der Waals surface area contributed by atoms with Gasteiger partial charge in [0.05, 0.1) is 0 Å². The number of aromatic nitrogens is 1. The third-order valence-corrected chi connectivity index (χ3v) is 3.95. The molecule has 0 radical (unpaired) electrons. The summed E-state index contributed by atoms with van der Waals surface area (Å²) >= 11 is 1.63. The molecule has 1 N–H and O–H groups in total. The van der Waals surface area contributed by atoms with Crippen LogP contribution in [0.25, 0.3) is 0 Å². The molecule has 1 atom stereocenters. The van der Waals surface area contributed by atoms with Gasteiger partial charge in [0.15, 0.2) is 5.13 Å². The van der Waals surface area contributed by atoms with Gasteiger partial charge in [-0.15, -0.1) is 11.3 Å². The van der Waals surface area contributed by atoms with Crippen molar-refractivity contribution in [3.05, 3.63) is 11.6 Å². The minimum absolute atomic E-state index is 0.339. The predicted octanol–water partition coefficient (Wildman–Crippen LogP) is 1.13. The molecule has 17 heavy (non-hydrogen) atoms. The summed E-state index contributed by atoms with van der Waals surface area (Å²) in [5, 5.41) is 12.1. The van der Waals surface area contributed by atoms with Crippen LogP contribution in [0, 0.1) is 0 Å². The van der Waals surface area contributed by atoms with E-state index in [0.717, 1.165) is 31.3 Å². The van der Waals surface area contributed by atoms with Gasteiger partial charge in [0.25, 0.3) is 0 Å². The van der Waals surface area contributed by atoms with Crippen LogP contribution in [0.3, 0.4) is 0 Å². The third kappa shape index (κ3) is 2.76. The van der Waals surface area contributed by atoms with Crippen molar-refractivity contribution in [2.75, 3.05) is 31.1 Å². The first-order valence-electron chi connectivity index (χ1n) is 5.83. The van der Waals surface area contributed by atoms with Crippen LogP contribution < -0.4 is 4.90 Å². The summed E-state index contributed by atoms with van der Waals surface area (Å²) < 4.78 is 0. The second kappa shape index (κ2) is 5.46. The molecule has 5 nitrogen and oxygen atoms in total. The number of piperazine rings is 1. The van der Waals surface area contributed by atoms with E-state index in [1.807, 2.05) is 17.2 Å². The number of thiazole rings is 1. The molecule has 1 aromatic heterocycles. The van der Waals surface area contributed by atoms with Crippen LogP contribution in [-0.2, 0) is 4.79 Å². The Hall–Kier alpha value is -1.14. The second-order valence-corrected chi connectivity index (χ2v) is 4.97. The van der Waals surface area contributed by atoms with Crippen LogP contribution in [0.5, 0.6) is 0 Å². The monoisotopic (exact) mass is 255 g/mol. The fourth-order valence-electron chi connectivity index (χ4n) is 2.19. The molecule has 1 aliphatic heterocycles. The van der Waals surface area contributed by atoms with Crippen molar-refractivity contribution in [2.24, 2.45) is 0 Å². The zero-order valence-electron chi connectivity index (χ0n) is 9.87. The van der Waals surface area contributed by atoms with Crippen LogP contribution in [0.15, 0.2) is 11.6 Å². The Bertz CT molecular complexity index is 361. The first kappa shape index (κ1) is 12.3. The van der Waals surface area contributed by atoms with Gasteiger partial charge in [-0.1, -0.05) is 6.92 Å². The highest BCUT2D eigenvalue weighted by molar-refractivity contribution is 7.13. The highest BCUT2D eigenvalue weighted by Gasteiger charge is 2.27. The van der Waals surface area contributed by atoms with E-state index in [9.17, 15) is 4.79 Å². The number of aliphatic carboxylic acids is 1. The highest BCUT2D eigenvalue weighted by atomic mass is 32.1. The van der Waals surface area contributed by atoms with E-state index < -0.39 is 5.97 Å². The smallest absolute Gasteiger partial charge is 0.320 e. The van der Waals surface area contributed by atoms with Gasteiger partial charge < -0.3 is 10.0 Å². The summed E-state index contributed by atoms with van der Waals surface area (Å²) in [5.74, 6) is -0.713. The molecule has 0 bridgehead atoms. The minimum Gasteiger partial charge on any atom is -0.480 e. The Balaban J connectivity index is 1.91. The Labute approximate surface area is 105 Å². The number of nitrogens with zero attached hydrogens (tertiary/aromatic N) is 3. The van der Waals surface area contributed by atoms with Crippen LogP contribution >= 0.6 is 11.3 Å². The Kier molecular flexibility index (Phi) is 3.96. The average Bonchev–Trinajstić information content (AvgIpc) is 2.84. The maximum Gasteiger partial charge on any atom is 0.320 e. The molecule has 0 aromatic carbocycles. The van der Waals surface area contributed by atoms with Crippen molar-refractivity contribution >= 4 is 22.4 Å². The lowest BCUT2D eigenvalue weighted by Gasteiger charge is -2.37. The summed E-state index contributed by atoms with van der Waals surface area (Å²) in [6.45, 7) is 5.23. The number of hydrogen-bond donors (Lipinski definition) is 1. The van der Waals surface area contributed by atoms with Gasteiger partial charge in [0.2, 0.25) is 0 Å². The third-order valence-electron chi connectivity index (χ3n) is 3.12. The molecule has 1 fully saturated rings.